The Labute approximate surface area is 252 Å². The summed E-state index contributed by atoms with van der Waals surface area (Å²) in [5.41, 5.74) is 0.0700. The van der Waals surface area contributed by atoms with Gasteiger partial charge in [-0.2, -0.15) is 23.1 Å². The number of aromatic nitrogens is 5. The maximum atomic E-state index is 14.3. The quantitative estimate of drug-likeness (QED) is 0.150. The van der Waals surface area contributed by atoms with Gasteiger partial charge in [-0.05, 0) is 71.9 Å². The summed E-state index contributed by atoms with van der Waals surface area (Å²) in [4.78, 5) is 27.0. The average molecular weight is 623 g/mol. The van der Waals surface area contributed by atoms with Crippen molar-refractivity contribution >= 4 is 39.4 Å². The van der Waals surface area contributed by atoms with Gasteiger partial charge in [0.2, 0.25) is 5.28 Å². The molecule has 44 heavy (non-hydrogen) atoms. The maximum absolute atomic E-state index is 14.3. The molecule has 0 unspecified atom stereocenters. The Hall–Kier alpha value is -4.97. The van der Waals surface area contributed by atoms with Crippen molar-refractivity contribution in [1.82, 2.24) is 24.1 Å². The molecule has 0 fully saturated rings. The third-order valence-corrected chi connectivity index (χ3v) is 7.36. The Morgan fingerprint density at radius 2 is 1.77 bits per heavy atom. The molecule has 1 atom stereocenters. The number of nitrogens with zero attached hydrogens (tertiary/aromatic N) is 5. The zero-order valence-electron chi connectivity index (χ0n) is 23.2. The standard InChI is InChI=1S/C31H23ClF4N6O2/c1-17(38-27-26-28(40-30(32)39-27)41(16-37-26)15-18-9-11-22(44-2)12-10-18)24-13-19-5-3-8-23(31(34,35)36)25(19)29(43)42(24)21-7-4-6-20(33)14-21/h3-14,16-17H,15H2,1-2H3,(H,38,39,40)/t17-/m0/s1. The molecule has 224 valence electrons. The van der Waals surface area contributed by atoms with Gasteiger partial charge in [0.15, 0.2) is 17.0 Å². The van der Waals surface area contributed by atoms with Gasteiger partial charge in [-0.3, -0.25) is 9.36 Å². The first kappa shape index (κ1) is 29.1. The Balaban J connectivity index is 1.46. The lowest BCUT2D eigenvalue weighted by Gasteiger charge is -2.22. The van der Waals surface area contributed by atoms with E-state index >= 15 is 0 Å². The molecular weight excluding hydrogens is 600 g/mol. The summed E-state index contributed by atoms with van der Waals surface area (Å²) in [6, 6.07) is 16.8. The van der Waals surface area contributed by atoms with E-state index in [2.05, 4.69) is 20.3 Å². The first-order valence-corrected chi connectivity index (χ1v) is 13.7. The number of hydrogen-bond acceptors (Lipinski definition) is 6. The average Bonchev–Trinajstić information content (AvgIpc) is 3.38. The fourth-order valence-electron chi connectivity index (χ4n) is 5.16. The van der Waals surface area contributed by atoms with E-state index in [0.29, 0.717) is 17.7 Å². The van der Waals surface area contributed by atoms with Crippen molar-refractivity contribution in [2.24, 2.45) is 0 Å². The van der Waals surface area contributed by atoms with Crippen molar-refractivity contribution in [2.45, 2.75) is 25.7 Å². The van der Waals surface area contributed by atoms with E-state index in [9.17, 15) is 22.4 Å². The minimum atomic E-state index is -4.78. The number of fused-ring (bicyclic) bond motifs is 2. The summed E-state index contributed by atoms with van der Waals surface area (Å²) in [7, 11) is 1.59. The van der Waals surface area contributed by atoms with E-state index in [4.69, 9.17) is 16.3 Å². The largest absolute Gasteiger partial charge is 0.497 e. The third-order valence-electron chi connectivity index (χ3n) is 7.19. The number of nitrogens with one attached hydrogen (secondary N) is 1. The fraction of sp³-hybridized carbons (Fsp3) is 0.161. The van der Waals surface area contributed by atoms with E-state index in [0.717, 1.165) is 28.0 Å². The first-order chi connectivity index (χ1) is 21.0. The molecular formula is C31H23ClF4N6O2. The van der Waals surface area contributed by atoms with Crippen LogP contribution in [0.3, 0.4) is 0 Å². The van der Waals surface area contributed by atoms with Crippen LogP contribution in [0.15, 0.2) is 83.9 Å². The Bertz CT molecular complexity index is 2080. The van der Waals surface area contributed by atoms with Crippen LogP contribution in [0.4, 0.5) is 23.4 Å². The number of pyridine rings is 1. The predicted molar refractivity (Wildman–Crippen MR) is 159 cm³/mol. The van der Waals surface area contributed by atoms with E-state index in [1.165, 1.54) is 36.4 Å². The van der Waals surface area contributed by atoms with E-state index in [1.54, 1.807) is 24.9 Å². The number of halogens is 5. The molecule has 13 heteroatoms. The number of methoxy groups -OCH3 is 1. The zero-order chi connectivity index (χ0) is 31.2. The normalized spacial score (nSPS) is 12.5. The van der Waals surface area contributed by atoms with Gasteiger partial charge in [0.25, 0.3) is 5.56 Å². The second-order valence-corrected chi connectivity index (χ2v) is 10.4. The Morgan fingerprint density at radius 1 is 1.02 bits per heavy atom. The van der Waals surface area contributed by atoms with Crippen LogP contribution in [0.25, 0.3) is 27.6 Å². The maximum Gasteiger partial charge on any atom is 0.417 e. The van der Waals surface area contributed by atoms with Gasteiger partial charge < -0.3 is 14.6 Å². The van der Waals surface area contributed by atoms with E-state index < -0.39 is 34.5 Å². The summed E-state index contributed by atoms with van der Waals surface area (Å²) in [5, 5.41) is 2.68. The molecule has 0 spiro atoms. The molecule has 0 saturated carbocycles. The lowest BCUT2D eigenvalue weighted by molar-refractivity contribution is -0.136. The topological polar surface area (TPSA) is 86.9 Å². The van der Waals surface area contributed by atoms with Crippen molar-refractivity contribution in [1.29, 1.82) is 0 Å². The molecule has 3 heterocycles. The highest BCUT2D eigenvalue weighted by Gasteiger charge is 2.34. The molecule has 8 nitrogen and oxygen atoms in total. The first-order valence-electron chi connectivity index (χ1n) is 13.3. The van der Waals surface area contributed by atoms with Crippen LogP contribution < -0.4 is 15.6 Å². The van der Waals surface area contributed by atoms with Gasteiger partial charge in [0.1, 0.15) is 11.6 Å². The molecule has 0 amide bonds. The van der Waals surface area contributed by atoms with Crippen molar-refractivity contribution in [3.8, 4) is 11.4 Å². The van der Waals surface area contributed by atoms with Crippen LogP contribution in [0.5, 0.6) is 5.75 Å². The second-order valence-electron chi connectivity index (χ2n) is 10.1. The van der Waals surface area contributed by atoms with E-state index in [1.807, 2.05) is 24.3 Å². The minimum absolute atomic E-state index is 0.0622. The van der Waals surface area contributed by atoms with Crippen LogP contribution in [0.1, 0.15) is 29.8 Å². The third kappa shape index (κ3) is 5.44. The lowest BCUT2D eigenvalue weighted by Crippen LogP contribution is -2.27. The molecule has 3 aromatic carbocycles. The Morgan fingerprint density at radius 3 is 2.48 bits per heavy atom. The summed E-state index contributed by atoms with van der Waals surface area (Å²) in [5.74, 6) is 0.301. The number of anilines is 1. The highest BCUT2D eigenvalue weighted by molar-refractivity contribution is 6.28. The molecule has 0 aliphatic rings. The molecule has 0 aliphatic heterocycles. The van der Waals surface area contributed by atoms with Gasteiger partial charge in [-0.1, -0.05) is 30.3 Å². The fourth-order valence-corrected chi connectivity index (χ4v) is 5.32. The number of rotatable bonds is 7. The second kappa shape index (κ2) is 11.3. The number of imidazole rings is 1. The van der Waals surface area contributed by atoms with Crippen molar-refractivity contribution in [3.63, 3.8) is 0 Å². The summed E-state index contributed by atoms with van der Waals surface area (Å²) in [6.45, 7) is 2.12. The summed E-state index contributed by atoms with van der Waals surface area (Å²) < 4.78 is 64.2. The van der Waals surface area contributed by atoms with Crippen molar-refractivity contribution < 1.29 is 22.3 Å². The van der Waals surface area contributed by atoms with Crippen LogP contribution in [-0.4, -0.2) is 31.2 Å². The highest BCUT2D eigenvalue weighted by Crippen LogP contribution is 2.35. The number of alkyl halides is 3. The van der Waals surface area contributed by atoms with Crippen LogP contribution in [0, 0.1) is 5.82 Å². The minimum Gasteiger partial charge on any atom is -0.497 e. The lowest BCUT2D eigenvalue weighted by atomic mass is 10.0. The number of ether oxygens (including phenoxy) is 1. The van der Waals surface area contributed by atoms with Crippen LogP contribution in [-0.2, 0) is 12.7 Å². The van der Waals surface area contributed by atoms with Gasteiger partial charge >= 0.3 is 6.18 Å². The number of benzene rings is 3. The molecule has 0 saturated heterocycles. The van der Waals surface area contributed by atoms with Crippen LogP contribution in [0.2, 0.25) is 5.28 Å². The molecule has 6 aromatic rings. The Kier molecular flexibility index (Phi) is 7.46. The van der Waals surface area contributed by atoms with Gasteiger partial charge in [0.05, 0.1) is 42.7 Å². The SMILES string of the molecule is COc1ccc(Cn2cnc3c(N[C@@H](C)c4cc5cccc(C(F)(F)F)c5c(=O)n4-c4cccc(F)c4)nc(Cl)nc32)cc1. The predicted octanol–water partition coefficient (Wildman–Crippen LogP) is 7.17. The van der Waals surface area contributed by atoms with Crippen molar-refractivity contribution in [3.05, 3.63) is 117 Å². The number of hydrogen-bond donors (Lipinski definition) is 1. The zero-order valence-corrected chi connectivity index (χ0v) is 24.0. The van der Waals surface area contributed by atoms with Crippen LogP contribution >= 0.6 is 11.6 Å². The highest BCUT2D eigenvalue weighted by atomic mass is 35.5. The van der Waals surface area contributed by atoms with Crippen molar-refractivity contribution in [2.75, 3.05) is 12.4 Å². The smallest absolute Gasteiger partial charge is 0.417 e. The van der Waals surface area contributed by atoms with Gasteiger partial charge in [-0.25, -0.2) is 9.37 Å². The van der Waals surface area contributed by atoms with Gasteiger partial charge in [-0.15, -0.1) is 0 Å². The van der Waals surface area contributed by atoms with Gasteiger partial charge in [0, 0.05) is 5.69 Å². The molecule has 0 radical (unpaired) electrons. The molecule has 3 aromatic heterocycles. The summed E-state index contributed by atoms with van der Waals surface area (Å²) >= 11 is 6.31. The molecule has 0 aliphatic carbocycles. The molecule has 0 bridgehead atoms. The summed E-state index contributed by atoms with van der Waals surface area (Å²) in [6.07, 6.45) is -3.19. The van der Waals surface area contributed by atoms with E-state index in [-0.39, 0.29) is 27.9 Å². The monoisotopic (exact) mass is 622 g/mol. The molecule has 1 N–H and O–H groups in total. The molecule has 6 rings (SSSR count).